The number of fused-ring (bicyclic) bond motifs is 1. The van der Waals surface area contributed by atoms with Gasteiger partial charge in [0.25, 0.3) is 0 Å². The monoisotopic (exact) mass is 271 g/mol. The lowest BCUT2D eigenvalue weighted by Gasteiger charge is -2.03. The van der Waals surface area contributed by atoms with Crippen molar-refractivity contribution in [1.29, 1.82) is 0 Å². The topological polar surface area (TPSA) is 21.6 Å². The van der Waals surface area contributed by atoms with Gasteiger partial charge < -0.3 is 4.84 Å². The lowest BCUT2D eigenvalue weighted by Crippen LogP contribution is -2.00. The first kappa shape index (κ1) is 10.6. The van der Waals surface area contributed by atoms with E-state index in [1.165, 1.54) is 6.07 Å². The van der Waals surface area contributed by atoms with Crippen LogP contribution in [0.2, 0.25) is 0 Å². The van der Waals surface area contributed by atoms with Gasteiger partial charge in [-0.2, -0.15) is 0 Å². The molecule has 0 heterocycles. The molecule has 1 aliphatic carbocycles. The van der Waals surface area contributed by atoms with E-state index in [4.69, 9.17) is 4.84 Å². The molecule has 80 valence electrons. The van der Waals surface area contributed by atoms with E-state index in [0.717, 1.165) is 28.6 Å². The van der Waals surface area contributed by atoms with Crippen LogP contribution in [0.3, 0.4) is 0 Å². The van der Waals surface area contributed by atoms with Crippen molar-refractivity contribution in [2.75, 3.05) is 6.61 Å². The number of benzene rings is 1. The van der Waals surface area contributed by atoms with Crippen LogP contribution in [0.4, 0.5) is 4.39 Å². The summed E-state index contributed by atoms with van der Waals surface area (Å²) in [4.78, 5) is 4.97. The number of hydrogen-bond donors (Lipinski definition) is 0. The summed E-state index contributed by atoms with van der Waals surface area (Å²) in [7, 11) is 0. The fraction of sp³-hybridized carbons (Fsp3) is 0.364. The molecule has 0 saturated carbocycles. The molecule has 0 radical (unpaired) electrons. The summed E-state index contributed by atoms with van der Waals surface area (Å²) < 4.78 is 14.4. The maximum Gasteiger partial charge on any atom is 0.133 e. The van der Waals surface area contributed by atoms with Crippen molar-refractivity contribution in [2.45, 2.75) is 19.8 Å². The van der Waals surface area contributed by atoms with Crippen molar-refractivity contribution in [2.24, 2.45) is 5.16 Å². The highest BCUT2D eigenvalue weighted by Gasteiger charge is 2.22. The van der Waals surface area contributed by atoms with Crippen molar-refractivity contribution < 1.29 is 9.23 Å². The van der Waals surface area contributed by atoms with Crippen LogP contribution in [0, 0.1) is 5.82 Å². The minimum atomic E-state index is -0.227. The molecule has 0 unspecified atom stereocenters. The van der Waals surface area contributed by atoms with E-state index in [0.29, 0.717) is 12.2 Å². The van der Waals surface area contributed by atoms with Gasteiger partial charge in [0.15, 0.2) is 0 Å². The Balaban J connectivity index is 2.42. The van der Waals surface area contributed by atoms with Gasteiger partial charge >= 0.3 is 0 Å². The standard InChI is InChI=1S/C11H11BrFNO/c1-2-15-14-10-4-3-7-5-8(12)6-9(13)11(7)10/h5-6H,2-4H2,1H3/b14-10+. The third-order valence-corrected chi connectivity index (χ3v) is 2.82. The molecule has 0 fully saturated rings. The van der Waals surface area contributed by atoms with E-state index in [1.54, 1.807) is 0 Å². The second-order valence-electron chi connectivity index (χ2n) is 3.38. The molecule has 0 atom stereocenters. The van der Waals surface area contributed by atoms with Crippen LogP contribution < -0.4 is 0 Å². The molecule has 1 aromatic carbocycles. The average Bonchev–Trinajstić information content (AvgIpc) is 2.58. The van der Waals surface area contributed by atoms with Gasteiger partial charge in [-0.1, -0.05) is 21.1 Å². The molecule has 0 bridgehead atoms. The average molecular weight is 272 g/mol. The quantitative estimate of drug-likeness (QED) is 0.757. The molecule has 0 N–H and O–H groups in total. The summed E-state index contributed by atoms with van der Waals surface area (Å²) in [6, 6.07) is 3.40. The molecule has 0 saturated heterocycles. The van der Waals surface area contributed by atoms with Crippen LogP contribution in [0.25, 0.3) is 0 Å². The van der Waals surface area contributed by atoms with Crippen LogP contribution in [0.1, 0.15) is 24.5 Å². The molecular formula is C11H11BrFNO. The van der Waals surface area contributed by atoms with Gasteiger partial charge in [-0.05, 0) is 37.5 Å². The van der Waals surface area contributed by atoms with Gasteiger partial charge in [0.1, 0.15) is 12.4 Å². The zero-order valence-corrected chi connectivity index (χ0v) is 9.97. The molecule has 4 heteroatoms. The molecule has 2 rings (SSSR count). The first-order valence-electron chi connectivity index (χ1n) is 4.89. The number of rotatable bonds is 2. The molecule has 0 amide bonds. The molecule has 15 heavy (non-hydrogen) atoms. The van der Waals surface area contributed by atoms with Gasteiger partial charge in [0, 0.05) is 10.0 Å². The first-order chi connectivity index (χ1) is 7.22. The van der Waals surface area contributed by atoms with Crippen molar-refractivity contribution in [3.05, 3.63) is 33.5 Å². The van der Waals surface area contributed by atoms with Crippen LogP contribution in [-0.4, -0.2) is 12.3 Å². The number of oxime groups is 1. The summed E-state index contributed by atoms with van der Waals surface area (Å²) in [6.45, 7) is 2.37. The molecule has 1 aromatic rings. The first-order valence-corrected chi connectivity index (χ1v) is 5.68. The van der Waals surface area contributed by atoms with E-state index in [9.17, 15) is 4.39 Å². The largest absolute Gasteiger partial charge is 0.396 e. The maximum atomic E-state index is 13.7. The van der Waals surface area contributed by atoms with Gasteiger partial charge in [-0.15, -0.1) is 0 Å². The summed E-state index contributed by atoms with van der Waals surface area (Å²) in [5, 5.41) is 3.93. The zero-order chi connectivity index (χ0) is 10.8. The van der Waals surface area contributed by atoms with E-state index in [-0.39, 0.29) is 5.82 Å². The number of halogens is 2. The van der Waals surface area contributed by atoms with Crippen molar-refractivity contribution in [1.82, 2.24) is 0 Å². The highest BCUT2D eigenvalue weighted by molar-refractivity contribution is 9.10. The SMILES string of the molecule is CCO/N=C1\CCc2cc(Br)cc(F)c21. The van der Waals surface area contributed by atoms with Crippen molar-refractivity contribution >= 4 is 21.6 Å². The smallest absolute Gasteiger partial charge is 0.133 e. The summed E-state index contributed by atoms with van der Waals surface area (Å²) >= 11 is 3.28. The lowest BCUT2D eigenvalue weighted by atomic mass is 10.1. The van der Waals surface area contributed by atoms with E-state index >= 15 is 0 Å². The predicted molar refractivity (Wildman–Crippen MR) is 60.6 cm³/mol. The molecule has 0 aromatic heterocycles. The third-order valence-electron chi connectivity index (χ3n) is 2.36. The molecular weight excluding hydrogens is 261 g/mol. The molecule has 1 aliphatic rings. The summed E-state index contributed by atoms with van der Waals surface area (Å²) in [5.74, 6) is -0.227. The summed E-state index contributed by atoms with van der Waals surface area (Å²) in [5.41, 5.74) is 2.34. The Bertz CT molecular complexity index is 417. The van der Waals surface area contributed by atoms with Crippen LogP contribution in [-0.2, 0) is 11.3 Å². The Labute approximate surface area is 96.2 Å². The predicted octanol–water partition coefficient (Wildman–Crippen LogP) is 3.28. The lowest BCUT2D eigenvalue weighted by molar-refractivity contribution is 0.158. The Morgan fingerprint density at radius 3 is 3.00 bits per heavy atom. The second-order valence-corrected chi connectivity index (χ2v) is 4.29. The third kappa shape index (κ3) is 2.04. The Kier molecular flexibility index (Phi) is 3.05. The van der Waals surface area contributed by atoms with E-state index in [2.05, 4.69) is 21.1 Å². The highest BCUT2D eigenvalue weighted by atomic mass is 79.9. The van der Waals surface area contributed by atoms with Gasteiger partial charge in [0.05, 0.1) is 5.71 Å². The number of aryl methyl sites for hydroxylation is 1. The zero-order valence-electron chi connectivity index (χ0n) is 8.39. The van der Waals surface area contributed by atoms with Crippen molar-refractivity contribution in [3.8, 4) is 0 Å². The van der Waals surface area contributed by atoms with Crippen molar-refractivity contribution in [3.63, 3.8) is 0 Å². The van der Waals surface area contributed by atoms with Gasteiger partial charge in [-0.3, -0.25) is 0 Å². The Morgan fingerprint density at radius 1 is 1.47 bits per heavy atom. The maximum absolute atomic E-state index is 13.7. The van der Waals surface area contributed by atoms with Gasteiger partial charge in [0.2, 0.25) is 0 Å². The highest BCUT2D eigenvalue weighted by Crippen LogP contribution is 2.28. The molecule has 2 nitrogen and oxygen atoms in total. The van der Waals surface area contributed by atoms with Crippen LogP contribution in [0.15, 0.2) is 21.8 Å². The fourth-order valence-corrected chi connectivity index (χ4v) is 2.24. The minimum Gasteiger partial charge on any atom is -0.396 e. The number of hydrogen-bond acceptors (Lipinski definition) is 2. The van der Waals surface area contributed by atoms with Crippen LogP contribution in [0.5, 0.6) is 0 Å². The van der Waals surface area contributed by atoms with Crippen LogP contribution >= 0.6 is 15.9 Å². The molecule has 0 aliphatic heterocycles. The Morgan fingerprint density at radius 2 is 2.27 bits per heavy atom. The normalized spacial score (nSPS) is 16.9. The minimum absolute atomic E-state index is 0.227. The second kappa shape index (κ2) is 4.31. The van der Waals surface area contributed by atoms with Gasteiger partial charge in [-0.25, -0.2) is 4.39 Å². The number of nitrogens with zero attached hydrogens (tertiary/aromatic N) is 1. The van der Waals surface area contributed by atoms with E-state index < -0.39 is 0 Å². The fourth-order valence-electron chi connectivity index (χ4n) is 1.76. The molecule has 0 spiro atoms. The van der Waals surface area contributed by atoms with E-state index in [1.807, 2.05) is 13.0 Å². The summed E-state index contributed by atoms with van der Waals surface area (Å²) in [6.07, 6.45) is 1.58. The Hall–Kier alpha value is -0.900.